The molecule has 1 saturated heterocycles. The van der Waals surface area contributed by atoms with Crippen LogP contribution >= 0.6 is 0 Å². The maximum atomic E-state index is 12.2. The summed E-state index contributed by atoms with van der Waals surface area (Å²) in [4.78, 5) is 14.0. The first kappa shape index (κ1) is 14.8. The van der Waals surface area contributed by atoms with Gasteiger partial charge in [-0.1, -0.05) is 12.1 Å². The summed E-state index contributed by atoms with van der Waals surface area (Å²) < 4.78 is 10.6. The van der Waals surface area contributed by atoms with Gasteiger partial charge < -0.3 is 20.1 Å². The van der Waals surface area contributed by atoms with E-state index in [2.05, 4.69) is 0 Å². The molecule has 0 saturated carbocycles. The van der Waals surface area contributed by atoms with Gasteiger partial charge in [0.25, 0.3) is 0 Å². The highest BCUT2D eigenvalue weighted by molar-refractivity contribution is 5.76. The Labute approximate surface area is 119 Å². The number of hydrogen-bond acceptors (Lipinski definition) is 4. The van der Waals surface area contributed by atoms with Crippen molar-refractivity contribution in [3.63, 3.8) is 0 Å². The lowest BCUT2D eigenvalue weighted by Gasteiger charge is -2.32. The average Bonchev–Trinajstić information content (AvgIpc) is 2.53. The standard InChI is InChI=1S/C15H22N2O3/c1-19-13-5-2-12(3-6-13)4-7-15(18)17-8-9-20-14(10-16)11-17/h2-3,5-6,14H,4,7-11,16H2,1H3. The summed E-state index contributed by atoms with van der Waals surface area (Å²) in [5.74, 6) is 1.00. The van der Waals surface area contributed by atoms with Gasteiger partial charge in [0, 0.05) is 26.1 Å². The lowest BCUT2D eigenvalue weighted by atomic mass is 10.1. The van der Waals surface area contributed by atoms with Gasteiger partial charge in [-0.3, -0.25) is 4.79 Å². The molecule has 1 aliphatic rings. The number of ether oxygens (including phenoxy) is 2. The fraction of sp³-hybridized carbons (Fsp3) is 0.533. The van der Waals surface area contributed by atoms with Crippen molar-refractivity contribution in [1.29, 1.82) is 0 Å². The molecule has 2 N–H and O–H groups in total. The summed E-state index contributed by atoms with van der Waals surface area (Å²) in [6.07, 6.45) is 1.24. The highest BCUT2D eigenvalue weighted by Crippen LogP contribution is 2.14. The zero-order chi connectivity index (χ0) is 14.4. The van der Waals surface area contributed by atoms with Crippen LogP contribution in [0.4, 0.5) is 0 Å². The maximum absolute atomic E-state index is 12.2. The van der Waals surface area contributed by atoms with E-state index in [0.29, 0.717) is 32.7 Å². The van der Waals surface area contributed by atoms with Gasteiger partial charge in [0.1, 0.15) is 5.75 Å². The number of morpholine rings is 1. The smallest absolute Gasteiger partial charge is 0.223 e. The van der Waals surface area contributed by atoms with Crippen molar-refractivity contribution < 1.29 is 14.3 Å². The van der Waals surface area contributed by atoms with Crippen molar-refractivity contribution in [1.82, 2.24) is 4.90 Å². The Kier molecular flexibility index (Phi) is 5.38. The van der Waals surface area contributed by atoms with Crippen LogP contribution in [0.25, 0.3) is 0 Å². The molecule has 0 spiro atoms. The van der Waals surface area contributed by atoms with Crippen LogP contribution < -0.4 is 10.5 Å². The van der Waals surface area contributed by atoms with Crippen LogP contribution in [-0.4, -0.2) is 50.3 Å². The molecule has 1 amide bonds. The summed E-state index contributed by atoms with van der Waals surface area (Å²) in [5, 5.41) is 0. The van der Waals surface area contributed by atoms with Crippen molar-refractivity contribution in [3.8, 4) is 5.75 Å². The Morgan fingerprint density at radius 3 is 2.85 bits per heavy atom. The second kappa shape index (κ2) is 7.26. The van der Waals surface area contributed by atoms with Gasteiger partial charge in [0.15, 0.2) is 0 Å². The molecule has 1 heterocycles. The zero-order valence-corrected chi connectivity index (χ0v) is 11.9. The normalized spacial score (nSPS) is 18.9. The van der Waals surface area contributed by atoms with E-state index in [9.17, 15) is 4.79 Å². The topological polar surface area (TPSA) is 64.8 Å². The van der Waals surface area contributed by atoms with E-state index in [1.807, 2.05) is 29.2 Å². The number of aryl methyl sites for hydroxylation is 1. The van der Waals surface area contributed by atoms with Crippen LogP contribution in [-0.2, 0) is 16.0 Å². The van der Waals surface area contributed by atoms with E-state index < -0.39 is 0 Å². The van der Waals surface area contributed by atoms with E-state index in [4.69, 9.17) is 15.2 Å². The highest BCUT2D eigenvalue weighted by atomic mass is 16.5. The van der Waals surface area contributed by atoms with Crippen molar-refractivity contribution in [3.05, 3.63) is 29.8 Å². The van der Waals surface area contributed by atoms with Gasteiger partial charge in [-0.25, -0.2) is 0 Å². The molecule has 0 radical (unpaired) electrons. The van der Waals surface area contributed by atoms with Crippen LogP contribution in [0.3, 0.4) is 0 Å². The minimum Gasteiger partial charge on any atom is -0.497 e. The Bertz CT molecular complexity index is 433. The zero-order valence-electron chi connectivity index (χ0n) is 11.9. The largest absolute Gasteiger partial charge is 0.497 e. The van der Waals surface area contributed by atoms with Crippen LogP contribution in [0.2, 0.25) is 0 Å². The van der Waals surface area contributed by atoms with Crippen LogP contribution in [0.1, 0.15) is 12.0 Å². The first-order valence-electron chi connectivity index (χ1n) is 6.95. The van der Waals surface area contributed by atoms with Crippen LogP contribution in [0.15, 0.2) is 24.3 Å². The molecule has 1 fully saturated rings. The molecule has 0 aliphatic carbocycles. The van der Waals surface area contributed by atoms with Gasteiger partial charge in [-0.05, 0) is 24.1 Å². The van der Waals surface area contributed by atoms with Gasteiger partial charge in [0.05, 0.1) is 19.8 Å². The minimum absolute atomic E-state index is 0.0197. The van der Waals surface area contributed by atoms with E-state index in [0.717, 1.165) is 17.7 Å². The lowest BCUT2D eigenvalue weighted by Crippen LogP contribution is -2.48. The first-order chi connectivity index (χ1) is 9.72. The number of carbonyl (C=O) groups excluding carboxylic acids is 1. The molecule has 0 aromatic heterocycles. The number of rotatable bonds is 5. The highest BCUT2D eigenvalue weighted by Gasteiger charge is 2.22. The van der Waals surface area contributed by atoms with Crippen molar-refractivity contribution in [2.24, 2.45) is 5.73 Å². The quantitative estimate of drug-likeness (QED) is 0.866. The third kappa shape index (κ3) is 3.95. The van der Waals surface area contributed by atoms with Gasteiger partial charge in [-0.15, -0.1) is 0 Å². The molecule has 110 valence electrons. The summed E-state index contributed by atoms with van der Waals surface area (Å²) in [7, 11) is 1.64. The van der Waals surface area contributed by atoms with E-state index in [1.165, 1.54) is 0 Å². The first-order valence-corrected chi connectivity index (χ1v) is 6.95. The lowest BCUT2D eigenvalue weighted by molar-refractivity contribution is -0.138. The molecule has 1 aliphatic heterocycles. The minimum atomic E-state index is -0.0197. The second-order valence-electron chi connectivity index (χ2n) is 4.92. The van der Waals surface area contributed by atoms with Crippen molar-refractivity contribution in [2.75, 3.05) is 33.4 Å². The number of carbonyl (C=O) groups is 1. The monoisotopic (exact) mass is 278 g/mol. The third-order valence-corrected chi connectivity index (χ3v) is 3.54. The number of nitrogens with two attached hydrogens (primary N) is 1. The number of hydrogen-bond donors (Lipinski definition) is 1. The molecule has 0 bridgehead atoms. The second-order valence-corrected chi connectivity index (χ2v) is 4.92. The summed E-state index contributed by atoms with van der Waals surface area (Å²) in [6, 6.07) is 7.82. The predicted octanol–water partition coefficient (Wildman–Crippen LogP) is 0.814. The predicted molar refractivity (Wildman–Crippen MR) is 76.7 cm³/mol. The molecule has 20 heavy (non-hydrogen) atoms. The fourth-order valence-electron chi connectivity index (χ4n) is 2.29. The Morgan fingerprint density at radius 2 is 2.20 bits per heavy atom. The van der Waals surface area contributed by atoms with Crippen molar-refractivity contribution >= 4 is 5.91 Å². The SMILES string of the molecule is COc1ccc(CCC(=O)N2CCOC(CN)C2)cc1. The molecular weight excluding hydrogens is 256 g/mol. The van der Waals surface area contributed by atoms with Crippen molar-refractivity contribution in [2.45, 2.75) is 18.9 Å². The number of methoxy groups -OCH3 is 1. The molecular formula is C15H22N2O3. The van der Waals surface area contributed by atoms with Gasteiger partial charge in [-0.2, -0.15) is 0 Å². The molecule has 1 aromatic carbocycles. The van der Waals surface area contributed by atoms with E-state index in [-0.39, 0.29) is 12.0 Å². The number of nitrogens with zero attached hydrogens (tertiary/aromatic N) is 1. The molecule has 5 nitrogen and oxygen atoms in total. The number of amides is 1. The van der Waals surface area contributed by atoms with Crippen LogP contribution in [0.5, 0.6) is 5.75 Å². The Balaban J connectivity index is 1.81. The van der Waals surface area contributed by atoms with E-state index in [1.54, 1.807) is 7.11 Å². The van der Waals surface area contributed by atoms with E-state index >= 15 is 0 Å². The maximum Gasteiger partial charge on any atom is 0.223 e. The van der Waals surface area contributed by atoms with Crippen LogP contribution in [0, 0.1) is 0 Å². The Hall–Kier alpha value is -1.59. The summed E-state index contributed by atoms with van der Waals surface area (Å²) >= 11 is 0. The number of benzene rings is 1. The molecule has 2 rings (SSSR count). The molecule has 1 unspecified atom stereocenters. The third-order valence-electron chi connectivity index (χ3n) is 3.54. The molecule has 5 heteroatoms. The Morgan fingerprint density at radius 1 is 1.45 bits per heavy atom. The van der Waals surface area contributed by atoms with Gasteiger partial charge >= 0.3 is 0 Å². The van der Waals surface area contributed by atoms with Gasteiger partial charge in [0.2, 0.25) is 5.91 Å². The molecule has 1 atom stereocenters. The average molecular weight is 278 g/mol. The molecule has 1 aromatic rings. The summed E-state index contributed by atoms with van der Waals surface area (Å²) in [6.45, 7) is 2.31. The summed E-state index contributed by atoms with van der Waals surface area (Å²) in [5.41, 5.74) is 6.72. The fourth-order valence-corrected chi connectivity index (χ4v) is 2.29.